The zero-order chi connectivity index (χ0) is 17.6. The van der Waals surface area contributed by atoms with Crippen molar-refractivity contribution in [1.82, 2.24) is 14.5 Å². The number of nitrogens with zero attached hydrogens (tertiary/aromatic N) is 3. The summed E-state index contributed by atoms with van der Waals surface area (Å²) in [6, 6.07) is 16.6. The molecule has 0 aliphatic carbocycles. The van der Waals surface area contributed by atoms with Crippen molar-refractivity contribution in [3.63, 3.8) is 0 Å². The molecule has 0 aliphatic heterocycles. The van der Waals surface area contributed by atoms with Crippen LogP contribution in [0.5, 0.6) is 0 Å². The van der Waals surface area contributed by atoms with Crippen LogP contribution < -0.4 is 0 Å². The Kier molecular flexibility index (Phi) is 3.43. The van der Waals surface area contributed by atoms with Crippen molar-refractivity contribution < 1.29 is 0 Å². The van der Waals surface area contributed by atoms with Gasteiger partial charge in [0.05, 0.1) is 16.6 Å². The second kappa shape index (κ2) is 5.64. The van der Waals surface area contributed by atoms with Gasteiger partial charge in [-0.1, -0.05) is 24.3 Å². The van der Waals surface area contributed by atoms with Crippen LogP contribution in [0.25, 0.3) is 33.6 Å². The van der Waals surface area contributed by atoms with E-state index < -0.39 is 0 Å². The maximum Gasteiger partial charge on any atom is 0.149 e. The fourth-order valence-corrected chi connectivity index (χ4v) is 3.28. The summed E-state index contributed by atoms with van der Waals surface area (Å²) in [6.07, 6.45) is 1.93. The molecule has 0 unspecified atom stereocenters. The highest BCUT2D eigenvalue weighted by atomic mass is 14.9. The van der Waals surface area contributed by atoms with E-state index in [4.69, 9.17) is 0 Å². The fraction of sp³-hybridized carbons (Fsp3) is 0.143. The number of hydrogen-bond acceptors (Lipinski definition) is 2. The number of aromatic amines is 1. The van der Waals surface area contributed by atoms with Crippen molar-refractivity contribution in [2.75, 3.05) is 0 Å². The predicted molar refractivity (Wildman–Crippen MR) is 102 cm³/mol. The molecule has 0 bridgehead atoms. The molecule has 122 valence electrons. The summed E-state index contributed by atoms with van der Waals surface area (Å²) in [7, 11) is 2.05. The molecule has 0 fully saturated rings. The number of hydrogen-bond donors (Lipinski definition) is 1. The van der Waals surface area contributed by atoms with E-state index in [-0.39, 0.29) is 0 Å². The molecule has 0 atom stereocenters. The Bertz CT molecular complexity index is 1180. The highest BCUT2D eigenvalue weighted by Gasteiger charge is 2.13. The van der Waals surface area contributed by atoms with Crippen molar-refractivity contribution in [3.8, 4) is 6.07 Å². The summed E-state index contributed by atoms with van der Waals surface area (Å²) < 4.78 is 2.15. The average Bonchev–Trinajstić information content (AvgIpc) is 3.13. The van der Waals surface area contributed by atoms with E-state index in [1.165, 1.54) is 0 Å². The molecule has 0 saturated heterocycles. The zero-order valence-corrected chi connectivity index (χ0v) is 14.5. The summed E-state index contributed by atoms with van der Waals surface area (Å²) >= 11 is 0. The molecule has 0 spiro atoms. The molecular weight excluding hydrogens is 308 g/mol. The number of aryl methyl sites for hydroxylation is 2. The second-order valence-electron chi connectivity index (χ2n) is 6.35. The topological polar surface area (TPSA) is 57.4 Å². The van der Waals surface area contributed by atoms with Crippen LogP contribution in [0.15, 0.2) is 42.5 Å². The van der Waals surface area contributed by atoms with Gasteiger partial charge < -0.3 is 9.55 Å². The fourth-order valence-electron chi connectivity index (χ4n) is 3.28. The smallest absolute Gasteiger partial charge is 0.149 e. The molecule has 1 N–H and O–H groups in total. The lowest BCUT2D eigenvalue weighted by Gasteiger charge is -1.98. The molecule has 4 heteroatoms. The van der Waals surface area contributed by atoms with Crippen LogP contribution in [0, 0.1) is 25.2 Å². The number of benzene rings is 2. The summed E-state index contributed by atoms with van der Waals surface area (Å²) in [5, 5.41) is 10.8. The van der Waals surface area contributed by atoms with Gasteiger partial charge in [-0.05, 0) is 43.7 Å². The Morgan fingerprint density at radius 3 is 2.80 bits per heavy atom. The van der Waals surface area contributed by atoms with E-state index in [0.29, 0.717) is 11.4 Å². The van der Waals surface area contributed by atoms with Gasteiger partial charge in [-0.2, -0.15) is 5.26 Å². The first-order valence-electron chi connectivity index (χ1n) is 8.21. The van der Waals surface area contributed by atoms with E-state index >= 15 is 0 Å². The third-order valence-electron chi connectivity index (χ3n) is 4.75. The summed E-state index contributed by atoms with van der Waals surface area (Å²) in [5.41, 5.74) is 6.86. The number of aromatic nitrogens is 3. The minimum atomic E-state index is 0.535. The van der Waals surface area contributed by atoms with Gasteiger partial charge in [0, 0.05) is 29.2 Å². The predicted octanol–water partition coefficient (Wildman–Crippen LogP) is 4.74. The molecule has 4 nitrogen and oxygen atoms in total. The number of para-hydroxylation sites is 1. The van der Waals surface area contributed by atoms with Crippen LogP contribution in [0.4, 0.5) is 0 Å². The lowest BCUT2D eigenvalue weighted by Crippen LogP contribution is -1.91. The first-order valence-corrected chi connectivity index (χ1v) is 8.21. The van der Waals surface area contributed by atoms with Crippen LogP contribution >= 0.6 is 0 Å². The number of nitrogens with one attached hydrogen (secondary N) is 1. The summed E-state index contributed by atoms with van der Waals surface area (Å²) in [4.78, 5) is 7.86. The largest absolute Gasteiger partial charge is 0.347 e. The van der Waals surface area contributed by atoms with Crippen molar-refractivity contribution >= 4 is 33.6 Å². The van der Waals surface area contributed by atoms with Gasteiger partial charge in [-0.25, -0.2) is 4.98 Å². The lowest BCUT2D eigenvalue weighted by molar-refractivity contribution is 0.916. The molecule has 25 heavy (non-hydrogen) atoms. The third-order valence-corrected chi connectivity index (χ3v) is 4.75. The van der Waals surface area contributed by atoms with Gasteiger partial charge in [-0.3, -0.25) is 0 Å². The number of fused-ring (bicyclic) bond motifs is 2. The Morgan fingerprint density at radius 2 is 2.00 bits per heavy atom. The molecule has 0 aliphatic rings. The van der Waals surface area contributed by atoms with Crippen molar-refractivity contribution in [2.24, 2.45) is 7.05 Å². The molecule has 2 aromatic heterocycles. The highest BCUT2D eigenvalue weighted by molar-refractivity contribution is 5.99. The molecule has 4 rings (SSSR count). The normalized spacial score (nSPS) is 12.0. The van der Waals surface area contributed by atoms with Gasteiger partial charge in [0.25, 0.3) is 0 Å². The second-order valence-corrected chi connectivity index (χ2v) is 6.35. The molecule has 4 aromatic rings. The Morgan fingerprint density at radius 1 is 1.20 bits per heavy atom. The van der Waals surface area contributed by atoms with Crippen molar-refractivity contribution in [1.29, 1.82) is 5.26 Å². The SMILES string of the molecule is Cc1ccc2nc(/C(C#N)=C\c3c(C)n(C)c4ccccc34)[nH]c2c1. The minimum absolute atomic E-state index is 0.535. The zero-order valence-electron chi connectivity index (χ0n) is 14.5. The molecule has 0 saturated carbocycles. The molecule has 2 heterocycles. The van der Waals surface area contributed by atoms with E-state index in [2.05, 4.69) is 39.7 Å². The number of H-pyrrole nitrogens is 1. The third kappa shape index (κ3) is 2.41. The van der Waals surface area contributed by atoms with Gasteiger partial charge in [0.15, 0.2) is 0 Å². The quantitative estimate of drug-likeness (QED) is 0.541. The minimum Gasteiger partial charge on any atom is -0.347 e. The van der Waals surface area contributed by atoms with Crippen LogP contribution in [-0.4, -0.2) is 14.5 Å². The maximum atomic E-state index is 9.71. The van der Waals surface area contributed by atoms with Gasteiger partial charge in [0.2, 0.25) is 0 Å². The van der Waals surface area contributed by atoms with Crippen LogP contribution in [0.3, 0.4) is 0 Å². The summed E-state index contributed by atoms with van der Waals surface area (Å²) in [6.45, 7) is 4.11. The Labute approximate surface area is 146 Å². The van der Waals surface area contributed by atoms with E-state index in [9.17, 15) is 5.26 Å². The number of allylic oxidation sites excluding steroid dienone is 1. The standard InChI is InChI=1S/C21H18N4/c1-13-8-9-18-19(10-13)24-21(23-18)15(12-22)11-17-14(2)25(3)20-7-5-4-6-16(17)20/h4-11H,1-3H3,(H,23,24)/b15-11-. The number of nitriles is 1. The molecule has 0 radical (unpaired) electrons. The van der Waals surface area contributed by atoms with Crippen molar-refractivity contribution in [3.05, 3.63) is 65.1 Å². The van der Waals surface area contributed by atoms with Crippen LogP contribution in [0.2, 0.25) is 0 Å². The Hall–Kier alpha value is -3.32. The number of imidazole rings is 1. The molecule has 2 aromatic carbocycles. The lowest BCUT2D eigenvalue weighted by atomic mass is 10.1. The van der Waals surface area contributed by atoms with E-state index in [1.54, 1.807) is 0 Å². The Balaban J connectivity index is 1.92. The van der Waals surface area contributed by atoms with E-state index in [1.807, 2.05) is 50.4 Å². The first-order chi connectivity index (χ1) is 12.1. The first kappa shape index (κ1) is 15.2. The van der Waals surface area contributed by atoms with Crippen LogP contribution in [0.1, 0.15) is 22.6 Å². The van der Waals surface area contributed by atoms with Crippen LogP contribution in [-0.2, 0) is 7.05 Å². The molecule has 0 amide bonds. The monoisotopic (exact) mass is 326 g/mol. The van der Waals surface area contributed by atoms with Gasteiger partial charge in [-0.15, -0.1) is 0 Å². The van der Waals surface area contributed by atoms with E-state index in [0.717, 1.165) is 38.8 Å². The summed E-state index contributed by atoms with van der Waals surface area (Å²) in [5.74, 6) is 0.607. The number of rotatable bonds is 2. The highest BCUT2D eigenvalue weighted by Crippen LogP contribution is 2.29. The van der Waals surface area contributed by atoms with Gasteiger partial charge in [0.1, 0.15) is 11.9 Å². The average molecular weight is 326 g/mol. The van der Waals surface area contributed by atoms with Crippen molar-refractivity contribution in [2.45, 2.75) is 13.8 Å². The molecular formula is C21H18N4. The van der Waals surface area contributed by atoms with Gasteiger partial charge >= 0.3 is 0 Å². The maximum absolute atomic E-state index is 9.71.